The van der Waals surface area contributed by atoms with E-state index in [9.17, 15) is 52.8 Å². The molecule has 11 aromatic rings. The number of nitrogens with zero attached hydrogens (tertiary/aromatic N) is 5. The topological polar surface area (TPSA) is 375 Å². The summed E-state index contributed by atoms with van der Waals surface area (Å²) in [6.07, 6.45) is 0.413. The Labute approximate surface area is 826 Å². The van der Waals surface area contributed by atoms with Gasteiger partial charge in [-0.1, -0.05) is 95.1 Å². The molecule has 6 N–H and O–H groups in total. The minimum Gasteiger partial charge on any atom is -0.571 e. The maximum absolute atomic E-state index is 13.4. The van der Waals surface area contributed by atoms with Crippen molar-refractivity contribution in [2.24, 2.45) is 0 Å². The Morgan fingerprint density at radius 2 is 0.737 bits per heavy atom. The number of thiophene rings is 4. The number of aryl methyl sites for hydroxylation is 14. The largest absolute Gasteiger partial charge is 1.00 e. The van der Waals surface area contributed by atoms with E-state index in [-0.39, 0.29) is 95.8 Å². The summed E-state index contributed by atoms with van der Waals surface area (Å²) in [5, 5.41) is 14.2. The number of ether oxygens (including phenoxy) is 5. The van der Waals surface area contributed by atoms with Crippen LogP contribution < -0.4 is 65.2 Å². The normalized spacial score (nSPS) is 13.1. The van der Waals surface area contributed by atoms with Crippen LogP contribution in [-0.2, 0) is 75.6 Å². The Morgan fingerprint density at radius 3 is 1.11 bits per heavy atom. The number of morpholine rings is 3. The van der Waals surface area contributed by atoms with Crippen LogP contribution in [0.5, 0.6) is 0 Å². The summed E-state index contributed by atoms with van der Waals surface area (Å²) in [6.45, 7) is 44.4. The van der Waals surface area contributed by atoms with E-state index in [1.807, 2.05) is 53.7 Å². The minimum absolute atomic E-state index is 0. The van der Waals surface area contributed by atoms with Crippen molar-refractivity contribution >= 4 is 164 Å². The second kappa shape index (κ2) is 49.8. The van der Waals surface area contributed by atoms with Crippen molar-refractivity contribution in [2.75, 3.05) is 129 Å². The zero-order valence-electron chi connectivity index (χ0n) is 79.2. The van der Waals surface area contributed by atoms with Crippen LogP contribution in [0.2, 0.25) is 0 Å². The molecule has 0 unspecified atom stereocenters. The minimum atomic E-state index is -3.94. The standard InChI is InChI=1S/2C27H32N2O4S2.C14H15NO4S2.C13H20N2O.C8H9ClO2S.C6H7NO2S.C2H3N.Na/c2*1-17-6-7-25(19(3)14-17)35(31,32)28-23-8-13-34-27(23)24(30)16-22-18(2)15-20(4)26(21(22)5)29-9-11-33-12-10-29;1-9-4-5-12(10(2)8-9)21(17,18)15-11-6-7-20-13(11)14(16)19-3;1-9-8-10(2)13(11(3)12(9)14)15-4-6-16-7-5-15;1-6-3-4-8(7(2)5-6)12(9,10)11;1-9-6(8)5-4(7)2-3-10-5;1-2-3;/h6-8,13-15H,9-12,16H2,1-5H3,(H,28,30);6-8,13-15,28H,9-12,16H2,1-5H3;4-8,15H,1-3H3;8H,4-7,14H2,1-3H3;3-5H,1-2H3;2-3H,7H2,1H3;1H3;/q;;;;;;;+1/p-1. The van der Waals surface area contributed by atoms with E-state index in [2.05, 4.69) is 105 Å². The summed E-state index contributed by atoms with van der Waals surface area (Å²) in [4.78, 5) is 58.5. The third-order valence-electron chi connectivity index (χ3n) is 21.9. The quantitative estimate of drug-likeness (QED) is 0.0171. The van der Waals surface area contributed by atoms with Crippen molar-refractivity contribution in [3.05, 3.63) is 267 Å². The Hall–Kier alpha value is -9.52. The number of hydrogen-bond donors (Lipinski definition) is 4. The molecule has 0 saturated carbocycles. The van der Waals surface area contributed by atoms with Crippen molar-refractivity contribution in [1.82, 2.24) is 0 Å². The van der Waals surface area contributed by atoms with Crippen molar-refractivity contribution < 1.29 is 106 Å². The molecule has 3 saturated heterocycles. The average Bonchev–Trinajstić information content (AvgIpc) is 1.73. The van der Waals surface area contributed by atoms with E-state index in [0.717, 1.165) is 131 Å². The smallest absolute Gasteiger partial charge is 0.571 e. The number of nitrogens with one attached hydrogen (secondary N) is 2. The zero-order valence-corrected chi connectivity index (χ0v) is 88.4. The number of carbonyl (C=O) groups excluding carboxylic acids is 4. The fraction of sp³-hybridized carbons (Fsp3) is 0.351. The predicted octanol–water partition coefficient (Wildman–Crippen LogP) is 17.2. The first-order valence-corrected chi connectivity index (χ1v) is 52.3. The van der Waals surface area contributed by atoms with Gasteiger partial charge in [0, 0.05) is 92.5 Å². The molecule has 708 valence electrons. The monoisotopic (exact) mass is 1990 g/mol. The first kappa shape index (κ1) is 110. The first-order valence-electron chi connectivity index (χ1n) is 42.1. The molecule has 4 aromatic heterocycles. The van der Waals surface area contributed by atoms with Gasteiger partial charge in [-0.15, -0.1) is 51.0 Å². The summed E-state index contributed by atoms with van der Waals surface area (Å²) in [5.41, 5.74) is 36.3. The van der Waals surface area contributed by atoms with Crippen molar-refractivity contribution in [3.8, 4) is 6.07 Å². The van der Waals surface area contributed by atoms with Crippen LogP contribution in [0.25, 0.3) is 4.72 Å². The molecule has 26 nitrogen and oxygen atoms in total. The molecule has 14 rings (SSSR count). The van der Waals surface area contributed by atoms with E-state index in [0.29, 0.717) is 74.7 Å². The van der Waals surface area contributed by atoms with Gasteiger partial charge < -0.3 is 54.6 Å². The fourth-order valence-electron chi connectivity index (χ4n) is 15.8. The molecule has 3 aliphatic heterocycles. The number of nitrogens with two attached hydrogens (primary N) is 2. The number of halogens is 1. The van der Waals surface area contributed by atoms with Crippen LogP contribution in [0.1, 0.15) is 151 Å². The van der Waals surface area contributed by atoms with E-state index in [1.54, 1.807) is 128 Å². The summed E-state index contributed by atoms with van der Waals surface area (Å²) in [5.74, 6) is -1.16. The number of Topliss-reactive ketones (excluding diaryl/α,β-unsaturated/α-hetero) is 2. The van der Waals surface area contributed by atoms with E-state index < -0.39 is 45.1 Å². The number of anilines is 7. The molecule has 3 fully saturated rings. The maximum atomic E-state index is 13.4. The van der Waals surface area contributed by atoms with E-state index in [1.165, 1.54) is 106 Å². The third kappa shape index (κ3) is 29.5. The summed E-state index contributed by atoms with van der Waals surface area (Å²) >= 11 is 4.90. The van der Waals surface area contributed by atoms with E-state index >= 15 is 0 Å². The van der Waals surface area contributed by atoms with Crippen LogP contribution in [0, 0.1) is 129 Å². The Bertz CT molecular complexity index is 6310. The number of hydrogen-bond acceptors (Lipinski definition) is 27. The molecule has 7 aromatic carbocycles. The van der Waals surface area contributed by atoms with Crippen LogP contribution >= 0.6 is 56.0 Å². The van der Waals surface area contributed by atoms with Crippen LogP contribution in [-0.4, -0.2) is 150 Å². The maximum Gasteiger partial charge on any atom is 1.00 e. The first-order chi connectivity index (χ1) is 62.2. The van der Waals surface area contributed by atoms with Gasteiger partial charge in [0.25, 0.3) is 29.1 Å². The van der Waals surface area contributed by atoms with E-state index in [4.69, 9.17) is 41.6 Å². The molecule has 7 heterocycles. The van der Waals surface area contributed by atoms with Gasteiger partial charge in [0.1, 0.15) is 19.8 Å². The number of nitrogen functional groups attached to an aromatic ring is 2. The number of benzene rings is 7. The van der Waals surface area contributed by atoms with Crippen molar-refractivity contribution in [2.45, 2.75) is 157 Å². The van der Waals surface area contributed by atoms with Gasteiger partial charge in [-0.05, 0) is 265 Å². The van der Waals surface area contributed by atoms with Gasteiger partial charge in [-0.25, -0.2) is 43.3 Å². The molecular formula is C97H117ClN9NaO17S8. The molecule has 133 heavy (non-hydrogen) atoms. The average molecular weight is 2000 g/mol. The third-order valence-corrected chi connectivity index (χ3v) is 31.6. The molecular weight excluding hydrogens is 1880 g/mol. The van der Waals surface area contributed by atoms with Gasteiger partial charge in [0.05, 0.1) is 106 Å². The summed E-state index contributed by atoms with van der Waals surface area (Å²) in [6, 6.07) is 35.1. The molecule has 0 amide bonds. The Kier molecular flexibility index (Phi) is 41.4. The SMILES string of the molecule is CC#N.COC(=O)c1sccc1N.COC(=O)c1sccc1NS(=O)(=O)c1ccc(C)cc1C.Cc1cc(C)c(N2CCOCC2)c(C)c1N.Cc1ccc(S(=O)(=O)Cl)c(C)c1.Cc1ccc(S(=O)(=O)Nc2ccsc2C(=O)Cc2c(C)cc(C)c(N3CCOCC3)c2C)c(C)c1.Cc1ccc(S(=O)(=O)[N-]c2ccsc2C(=O)Cc2c(C)cc(C)c(N3CCOCC3)c2C)c(C)c1.[Na+]. The van der Waals surface area contributed by atoms with Crippen molar-refractivity contribution in [3.63, 3.8) is 0 Å². The molecule has 0 radical (unpaired) electrons. The van der Waals surface area contributed by atoms with Gasteiger partial charge in [-0.2, -0.15) is 5.26 Å². The van der Waals surface area contributed by atoms with Gasteiger partial charge >= 0.3 is 41.5 Å². The molecule has 36 heteroatoms. The molecule has 0 aliphatic carbocycles. The number of methoxy groups -OCH3 is 2. The van der Waals surface area contributed by atoms with Gasteiger partial charge in [0.15, 0.2) is 11.6 Å². The fourth-order valence-corrected chi connectivity index (χ4v) is 24.1. The van der Waals surface area contributed by atoms with Gasteiger partial charge in [0.2, 0.25) is 0 Å². The number of carbonyl (C=O) groups is 4. The number of sulfonamides is 3. The summed E-state index contributed by atoms with van der Waals surface area (Å²) in [7, 11) is -7.31. The number of esters is 2. The molecule has 0 spiro atoms. The van der Waals surface area contributed by atoms with Gasteiger partial charge in [-0.3, -0.25) is 19.0 Å². The van der Waals surface area contributed by atoms with Crippen molar-refractivity contribution in [1.29, 1.82) is 5.26 Å². The second-order valence-corrected chi connectivity index (χ2v) is 43.1. The molecule has 3 aliphatic rings. The predicted molar refractivity (Wildman–Crippen MR) is 536 cm³/mol. The summed E-state index contributed by atoms with van der Waals surface area (Å²) < 4.78 is 134. The number of rotatable bonds is 21. The Balaban J connectivity index is 0.000000228. The zero-order chi connectivity index (χ0) is 97.6. The van der Waals surface area contributed by atoms with Crippen LogP contribution in [0.15, 0.2) is 156 Å². The van der Waals surface area contributed by atoms with Crippen LogP contribution in [0.3, 0.4) is 0 Å². The number of ketones is 2. The molecule has 0 atom stereocenters. The van der Waals surface area contributed by atoms with Crippen LogP contribution in [0.4, 0.5) is 45.5 Å². The number of nitriles is 1. The Morgan fingerprint density at radius 1 is 0.421 bits per heavy atom. The molecule has 0 bridgehead atoms. The second-order valence-electron chi connectivity index (χ2n) is 32.0.